The summed E-state index contributed by atoms with van der Waals surface area (Å²) >= 11 is 11.7. The third-order valence-electron chi connectivity index (χ3n) is 2.51. The van der Waals surface area contributed by atoms with Crippen LogP contribution in [0.15, 0.2) is 30.3 Å². The van der Waals surface area contributed by atoms with Crippen molar-refractivity contribution in [1.29, 1.82) is 0 Å². The third-order valence-corrected chi connectivity index (χ3v) is 3.11. The molecule has 4 nitrogen and oxygen atoms in total. The molecular formula is C13H11Cl2N3O. The Hall–Kier alpha value is -1.78. The van der Waals surface area contributed by atoms with Crippen LogP contribution in [0.3, 0.4) is 0 Å². The van der Waals surface area contributed by atoms with Crippen molar-refractivity contribution in [3.63, 3.8) is 0 Å². The zero-order chi connectivity index (χ0) is 14.0. The standard InChI is InChI=1S/C13H11Cl2N3O/c1-7-2-3-9(6-10(7)14)17-13(19)8-4-11(15)18-12(16)5-8/h2-6H,1H3,(H2,16,18)(H,17,19). The van der Waals surface area contributed by atoms with E-state index in [0.717, 1.165) is 5.56 Å². The number of nitrogens with two attached hydrogens (primary N) is 1. The molecule has 0 bridgehead atoms. The molecule has 1 aromatic heterocycles. The van der Waals surface area contributed by atoms with Crippen LogP contribution >= 0.6 is 23.2 Å². The molecule has 0 unspecified atom stereocenters. The molecule has 19 heavy (non-hydrogen) atoms. The Labute approximate surface area is 120 Å². The molecule has 2 aromatic rings. The highest BCUT2D eigenvalue weighted by atomic mass is 35.5. The van der Waals surface area contributed by atoms with Gasteiger partial charge < -0.3 is 11.1 Å². The van der Waals surface area contributed by atoms with Gasteiger partial charge in [-0.2, -0.15) is 0 Å². The maximum Gasteiger partial charge on any atom is 0.255 e. The van der Waals surface area contributed by atoms with Crippen LogP contribution in [0.5, 0.6) is 0 Å². The summed E-state index contributed by atoms with van der Waals surface area (Å²) in [4.78, 5) is 15.8. The third kappa shape index (κ3) is 3.36. The van der Waals surface area contributed by atoms with Crippen LogP contribution in [0.2, 0.25) is 10.2 Å². The number of amides is 1. The van der Waals surface area contributed by atoms with Gasteiger partial charge in [0, 0.05) is 16.3 Å². The molecule has 6 heteroatoms. The number of benzene rings is 1. The van der Waals surface area contributed by atoms with Gasteiger partial charge >= 0.3 is 0 Å². The molecule has 1 heterocycles. The Balaban J connectivity index is 2.22. The van der Waals surface area contributed by atoms with E-state index in [1.54, 1.807) is 12.1 Å². The monoisotopic (exact) mass is 295 g/mol. The molecule has 0 aliphatic rings. The summed E-state index contributed by atoms with van der Waals surface area (Å²) < 4.78 is 0. The maximum absolute atomic E-state index is 12.0. The largest absolute Gasteiger partial charge is 0.384 e. The van der Waals surface area contributed by atoms with Gasteiger partial charge in [-0.15, -0.1) is 0 Å². The van der Waals surface area contributed by atoms with Crippen molar-refractivity contribution in [2.24, 2.45) is 0 Å². The Morgan fingerprint density at radius 2 is 2.00 bits per heavy atom. The molecular weight excluding hydrogens is 285 g/mol. The molecule has 0 saturated carbocycles. The first-order valence-corrected chi connectivity index (χ1v) is 6.22. The van der Waals surface area contributed by atoms with E-state index < -0.39 is 0 Å². The first-order valence-electron chi connectivity index (χ1n) is 5.46. The normalized spacial score (nSPS) is 10.3. The fourth-order valence-corrected chi connectivity index (χ4v) is 1.92. The SMILES string of the molecule is Cc1ccc(NC(=O)c2cc(N)nc(Cl)c2)cc1Cl. The molecule has 1 amide bonds. The lowest BCUT2D eigenvalue weighted by atomic mass is 10.2. The summed E-state index contributed by atoms with van der Waals surface area (Å²) in [5.41, 5.74) is 7.42. The summed E-state index contributed by atoms with van der Waals surface area (Å²) in [5.74, 6) is -0.129. The number of nitrogen functional groups attached to an aromatic ring is 1. The molecule has 0 aliphatic heterocycles. The number of hydrogen-bond acceptors (Lipinski definition) is 3. The number of carbonyl (C=O) groups is 1. The maximum atomic E-state index is 12.0. The van der Waals surface area contributed by atoms with Crippen molar-refractivity contribution >= 4 is 40.6 Å². The Bertz CT molecular complexity index is 624. The van der Waals surface area contributed by atoms with Crippen LogP contribution in [0.1, 0.15) is 15.9 Å². The number of nitrogens with one attached hydrogen (secondary N) is 1. The van der Waals surface area contributed by atoms with Crippen LogP contribution in [0.4, 0.5) is 11.5 Å². The highest BCUT2D eigenvalue weighted by Gasteiger charge is 2.09. The number of aromatic nitrogens is 1. The Morgan fingerprint density at radius 1 is 1.26 bits per heavy atom. The zero-order valence-corrected chi connectivity index (χ0v) is 11.6. The van der Waals surface area contributed by atoms with E-state index in [2.05, 4.69) is 10.3 Å². The quantitative estimate of drug-likeness (QED) is 0.833. The van der Waals surface area contributed by atoms with Gasteiger partial charge in [0.2, 0.25) is 0 Å². The van der Waals surface area contributed by atoms with Crippen molar-refractivity contribution in [2.75, 3.05) is 11.1 Å². The second-order valence-corrected chi connectivity index (χ2v) is 4.82. The number of anilines is 2. The van der Waals surface area contributed by atoms with E-state index in [0.29, 0.717) is 16.3 Å². The predicted molar refractivity (Wildman–Crippen MR) is 77.8 cm³/mol. The van der Waals surface area contributed by atoms with E-state index in [1.807, 2.05) is 13.0 Å². The van der Waals surface area contributed by atoms with E-state index in [1.165, 1.54) is 12.1 Å². The lowest BCUT2D eigenvalue weighted by Gasteiger charge is -2.07. The number of aryl methyl sites for hydroxylation is 1. The molecule has 3 N–H and O–H groups in total. The minimum Gasteiger partial charge on any atom is -0.384 e. The van der Waals surface area contributed by atoms with Gasteiger partial charge in [-0.05, 0) is 36.8 Å². The van der Waals surface area contributed by atoms with Crippen molar-refractivity contribution in [1.82, 2.24) is 4.98 Å². The second kappa shape index (κ2) is 5.47. The zero-order valence-electron chi connectivity index (χ0n) is 10.1. The highest BCUT2D eigenvalue weighted by Crippen LogP contribution is 2.21. The average molecular weight is 296 g/mol. The molecule has 2 rings (SSSR count). The van der Waals surface area contributed by atoms with E-state index >= 15 is 0 Å². The molecule has 0 aliphatic carbocycles. The van der Waals surface area contributed by atoms with Crippen LogP contribution in [-0.4, -0.2) is 10.9 Å². The number of carbonyl (C=O) groups excluding carboxylic acids is 1. The summed E-state index contributed by atoms with van der Waals surface area (Å²) in [6.45, 7) is 1.89. The van der Waals surface area contributed by atoms with Crippen LogP contribution in [0, 0.1) is 6.92 Å². The van der Waals surface area contributed by atoms with Gasteiger partial charge in [0.1, 0.15) is 11.0 Å². The second-order valence-electron chi connectivity index (χ2n) is 4.02. The Kier molecular flexibility index (Phi) is 3.93. The molecule has 0 radical (unpaired) electrons. The topological polar surface area (TPSA) is 68.0 Å². The molecule has 0 spiro atoms. The van der Waals surface area contributed by atoms with Gasteiger partial charge in [-0.3, -0.25) is 4.79 Å². The molecule has 0 fully saturated rings. The minimum atomic E-state index is -0.323. The summed E-state index contributed by atoms with van der Waals surface area (Å²) in [6, 6.07) is 8.18. The number of nitrogens with zero attached hydrogens (tertiary/aromatic N) is 1. The minimum absolute atomic E-state index is 0.173. The number of pyridine rings is 1. The van der Waals surface area contributed by atoms with Gasteiger partial charge in [-0.25, -0.2) is 4.98 Å². The van der Waals surface area contributed by atoms with Gasteiger partial charge in [0.15, 0.2) is 0 Å². The molecule has 0 atom stereocenters. The first kappa shape index (κ1) is 13.6. The van der Waals surface area contributed by atoms with E-state index in [4.69, 9.17) is 28.9 Å². The average Bonchev–Trinajstić information content (AvgIpc) is 2.32. The van der Waals surface area contributed by atoms with Crippen LogP contribution in [0.25, 0.3) is 0 Å². The van der Waals surface area contributed by atoms with Gasteiger partial charge in [0.25, 0.3) is 5.91 Å². The van der Waals surface area contributed by atoms with Crippen molar-refractivity contribution < 1.29 is 4.79 Å². The van der Waals surface area contributed by atoms with Crippen molar-refractivity contribution in [3.05, 3.63) is 51.6 Å². The lowest BCUT2D eigenvalue weighted by Crippen LogP contribution is -2.12. The first-order chi connectivity index (χ1) is 8.95. The lowest BCUT2D eigenvalue weighted by molar-refractivity contribution is 0.102. The smallest absolute Gasteiger partial charge is 0.255 e. The summed E-state index contributed by atoms with van der Waals surface area (Å²) in [6.07, 6.45) is 0. The van der Waals surface area contributed by atoms with E-state index in [-0.39, 0.29) is 16.9 Å². The number of rotatable bonds is 2. The number of halogens is 2. The fraction of sp³-hybridized carbons (Fsp3) is 0.0769. The highest BCUT2D eigenvalue weighted by molar-refractivity contribution is 6.31. The molecule has 0 saturated heterocycles. The molecule has 1 aromatic carbocycles. The van der Waals surface area contributed by atoms with Crippen LogP contribution in [-0.2, 0) is 0 Å². The van der Waals surface area contributed by atoms with Crippen LogP contribution < -0.4 is 11.1 Å². The van der Waals surface area contributed by atoms with Crippen molar-refractivity contribution in [2.45, 2.75) is 6.92 Å². The molecule has 98 valence electrons. The van der Waals surface area contributed by atoms with Gasteiger partial charge in [0.05, 0.1) is 0 Å². The number of hydrogen-bond donors (Lipinski definition) is 2. The summed E-state index contributed by atoms with van der Waals surface area (Å²) in [5, 5.41) is 3.48. The van der Waals surface area contributed by atoms with Gasteiger partial charge in [-0.1, -0.05) is 29.3 Å². The van der Waals surface area contributed by atoms with Crippen molar-refractivity contribution in [3.8, 4) is 0 Å². The summed E-state index contributed by atoms with van der Waals surface area (Å²) in [7, 11) is 0. The van der Waals surface area contributed by atoms with E-state index in [9.17, 15) is 4.79 Å². The predicted octanol–water partition coefficient (Wildman–Crippen LogP) is 3.53. The Morgan fingerprint density at radius 3 is 2.63 bits per heavy atom. The fourth-order valence-electron chi connectivity index (χ4n) is 1.52.